The lowest BCUT2D eigenvalue weighted by molar-refractivity contribution is -0.173. The molecule has 32 heavy (non-hydrogen) atoms. The van der Waals surface area contributed by atoms with Crippen molar-refractivity contribution in [3.05, 3.63) is 22.8 Å². The number of allylic oxidation sites excluding steroid dienone is 2. The van der Waals surface area contributed by atoms with Crippen LogP contribution in [0.15, 0.2) is 22.8 Å². The number of fused-ring (bicyclic) bond motifs is 3. The lowest BCUT2D eigenvalue weighted by atomic mass is 9.46. The van der Waals surface area contributed by atoms with Crippen LogP contribution in [0.1, 0.15) is 52.9 Å². The van der Waals surface area contributed by atoms with Crippen LogP contribution in [0.4, 0.5) is 0 Å². The van der Waals surface area contributed by atoms with Crippen molar-refractivity contribution in [3.63, 3.8) is 0 Å². The lowest BCUT2D eigenvalue weighted by Gasteiger charge is -2.56. The molecule has 3 unspecified atom stereocenters. The Morgan fingerprint density at radius 1 is 1.31 bits per heavy atom. The number of aliphatic hydroxyl groups excluding tert-OH is 1. The third-order valence-corrected chi connectivity index (χ3v) is 10.1. The second-order valence-corrected chi connectivity index (χ2v) is 11.2. The van der Waals surface area contributed by atoms with Crippen molar-refractivity contribution in [1.82, 2.24) is 0 Å². The van der Waals surface area contributed by atoms with Gasteiger partial charge in [0.2, 0.25) is 0 Å². The summed E-state index contributed by atoms with van der Waals surface area (Å²) in [6.07, 6.45) is 3.09. The van der Waals surface area contributed by atoms with Gasteiger partial charge in [0.1, 0.15) is 17.3 Å². The van der Waals surface area contributed by atoms with Crippen LogP contribution in [0.5, 0.6) is 0 Å². The van der Waals surface area contributed by atoms with Crippen LogP contribution in [0, 0.1) is 28.6 Å². The summed E-state index contributed by atoms with van der Waals surface area (Å²) in [6, 6.07) is 0. The second-order valence-electron chi connectivity index (χ2n) is 10.8. The molecule has 0 radical (unpaired) electrons. The number of carbonyl (C=O) groups excluding carboxylic acids is 2. The van der Waals surface area contributed by atoms with Crippen LogP contribution in [-0.4, -0.2) is 56.3 Å². The molecule has 3 saturated carbocycles. The molecule has 8 heteroatoms. The van der Waals surface area contributed by atoms with E-state index in [9.17, 15) is 24.6 Å². The zero-order chi connectivity index (χ0) is 23.4. The molecule has 3 N–H and O–H groups in total. The standard InChI is InChI=1S/C24H29ClO7/c1-11-8-14-12-4-5-13-19(25)15(26)6-7-21(13,2)24(12)17(32-24)10-22(14,3)23(11,31)20(30)16(27)9-18(28)29/h6-7,11-12,14,16-17,27,31H,4-5,8-10H2,1-3H3,(H,28,29)/t11-,12-,14-,16?,17?,21-,22-,23-,24?/m0/s1. The van der Waals surface area contributed by atoms with Gasteiger partial charge in [0.25, 0.3) is 0 Å². The molecule has 9 atom stereocenters. The Morgan fingerprint density at radius 3 is 2.66 bits per heavy atom. The van der Waals surface area contributed by atoms with Gasteiger partial charge in [-0.05, 0) is 62.0 Å². The number of aliphatic carboxylic acids is 1. The van der Waals surface area contributed by atoms with Crippen LogP contribution in [0.25, 0.3) is 0 Å². The van der Waals surface area contributed by atoms with Crippen molar-refractivity contribution in [2.75, 3.05) is 0 Å². The van der Waals surface area contributed by atoms with Gasteiger partial charge >= 0.3 is 5.97 Å². The van der Waals surface area contributed by atoms with E-state index < -0.39 is 52.2 Å². The summed E-state index contributed by atoms with van der Waals surface area (Å²) in [5, 5.41) is 31.4. The molecule has 1 saturated heterocycles. The van der Waals surface area contributed by atoms with Gasteiger partial charge in [-0.25, -0.2) is 0 Å². The smallest absolute Gasteiger partial charge is 0.306 e. The summed E-state index contributed by atoms with van der Waals surface area (Å²) in [6.45, 7) is 5.76. The molecule has 4 aliphatic carbocycles. The average Bonchev–Trinajstić information content (AvgIpc) is 3.40. The predicted octanol–water partition coefficient (Wildman–Crippen LogP) is 2.37. The van der Waals surface area contributed by atoms with Gasteiger partial charge in [0.05, 0.1) is 17.6 Å². The zero-order valence-corrected chi connectivity index (χ0v) is 19.2. The fourth-order valence-electron chi connectivity index (χ4n) is 8.10. The van der Waals surface area contributed by atoms with E-state index in [1.807, 2.05) is 13.0 Å². The molecule has 0 aromatic heterocycles. The summed E-state index contributed by atoms with van der Waals surface area (Å²) in [5.41, 5.74) is -2.84. The molecular formula is C24H29ClO7. The number of carboxylic acid groups (broad SMARTS) is 1. The van der Waals surface area contributed by atoms with Crippen molar-refractivity contribution in [3.8, 4) is 0 Å². The molecule has 1 heterocycles. The largest absolute Gasteiger partial charge is 0.481 e. The average molecular weight is 465 g/mol. The third-order valence-electron chi connectivity index (χ3n) is 9.65. The maximum atomic E-state index is 13.2. The molecule has 5 aliphatic rings. The quantitative estimate of drug-likeness (QED) is 0.545. The summed E-state index contributed by atoms with van der Waals surface area (Å²) in [7, 11) is 0. The molecule has 4 fully saturated rings. The fraction of sp³-hybridized carbons (Fsp3) is 0.708. The van der Waals surface area contributed by atoms with Gasteiger partial charge in [-0.3, -0.25) is 14.4 Å². The zero-order valence-electron chi connectivity index (χ0n) is 18.4. The first-order valence-electron chi connectivity index (χ1n) is 11.3. The molecule has 7 nitrogen and oxygen atoms in total. The SMILES string of the molecule is C[C@H]1C[C@H]2[C@@H]3CCC4=C(Cl)C(=O)C=C[C@]4(C)C34OC4C[C@]2(C)[C@@]1(O)C(=O)C(O)CC(=O)O. The van der Waals surface area contributed by atoms with E-state index in [1.165, 1.54) is 6.08 Å². The summed E-state index contributed by atoms with van der Waals surface area (Å²) < 4.78 is 6.43. The minimum atomic E-state index is -1.84. The molecule has 0 bridgehead atoms. The van der Waals surface area contributed by atoms with Crippen molar-refractivity contribution in [1.29, 1.82) is 0 Å². The van der Waals surface area contributed by atoms with E-state index >= 15 is 0 Å². The first kappa shape index (κ1) is 22.3. The van der Waals surface area contributed by atoms with Crippen LogP contribution in [0.2, 0.25) is 0 Å². The lowest BCUT2D eigenvalue weighted by Crippen LogP contribution is -2.63. The van der Waals surface area contributed by atoms with Gasteiger partial charge < -0.3 is 20.1 Å². The Hall–Kier alpha value is -1.54. The van der Waals surface area contributed by atoms with Gasteiger partial charge in [0, 0.05) is 10.8 Å². The molecule has 174 valence electrons. The van der Waals surface area contributed by atoms with Gasteiger partial charge in [-0.1, -0.05) is 31.5 Å². The van der Waals surface area contributed by atoms with E-state index in [4.69, 9.17) is 21.4 Å². The molecule has 0 aromatic rings. The monoisotopic (exact) mass is 464 g/mol. The van der Waals surface area contributed by atoms with Crippen molar-refractivity contribution in [2.45, 2.75) is 76.3 Å². The van der Waals surface area contributed by atoms with E-state index in [0.717, 1.165) is 12.0 Å². The number of ketones is 2. The van der Waals surface area contributed by atoms with Crippen LogP contribution in [-0.2, 0) is 19.1 Å². The van der Waals surface area contributed by atoms with Crippen molar-refractivity contribution < 1.29 is 34.4 Å². The summed E-state index contributed by atoms with van der Waals surface area (Å²) in [4.78, 5) is 36.5. The number of carboxylic acids is 1. The highest BCUT2D eigenvalue weighted by molar-refractivity contribution is 6.45. The molecule has 1 spiro atoms. The van der Waals surface area contributed by atoms with E-state index in [2.05, 4.69) is 6.92 Å². The highest BCUT2D eigenvalue weighted by atomic mass is 35.5. The normalized spacial score (nSPS) is 49.6. The van der Waals surface area contributed by atoms with Crippen molar-refractivity contribution >= 4 is 29.1 Å². The Labute approximate surface area is 191 Å². The van der Waals surface area contributed by atoms with Gasteiger partial charge in [-0.15, -0.1) is 0 Å². The minimum Gasteiger partial charge on any atom is -0.481 e. The first-order valence-corrected chi connectivity index (χ1v) is 11.7. The number of rotatable bonds is 4. The Bertz CT molecular complexity index is 1000. The number of ether oxygens (including phenoxy) is 1. The van der Waals surface area contributed by atoms with Crippen LogP contribution in [0.3, 0.4) is 0 Å². The third kappa shape index (κ3) is 2.36. The topological polar surface area (TPSA) is 124 Å². The Balaban J connectivity index is 1.55. The van der Waals surface area contributed by atoms with E-state index in [0.29, 0.717) is 19.3 Å². The number of halogens is 1. The van der Waals surface area contributed by atoms with E-state index in [1.54, 1.807) is 6.92 Å². The highest BCUT2D eigenvalue weighted by Gasteiger charge is 2.82. The molecule has 0 amide bonds. The molecular weight excluding hydrogens is 436 g/mol. The molecule has 1 aliphatic heterocycles. The summed E-state index contributed by atoms with van der Waals surface area (Å²) in [5.74, 6) is -2.72. The number of aliphatic hydroxyl groups is 2. The maximum Gasteiger partial charge on any atom is 0.306 e. The molecule has 5 rings (SSSR count). The minimum absolute atomic E-state index is 0.0446. The number of carbonyl (C=O) groups is 3. The van der Waals surface area contributed by atoms with Crippen LogP contribution >= 0.6 is 11.6 Å². The first-order chi connectivity index (χ1) is 14.8. The van der Waals surface area contributed by atoms with Gasteiger partial charge in [0.15, 0.2) is 11.6 Å². The number of hydrogen-bond donors (Lipinski definition) is 3. The van der Waals surface area contributed by atoms with Crippen LogP contribution < -0.4 is 0 Å². The summed E-state index contributed by atoms with van der Waals surface area (Å²) >= 11 is 6.43. The highest BCUT2D eigenvalue weighted by Crippen LogP contribution is 2.76. The van der Waals surface area contributed by atoms with Crippen molar-refractivity contribution in [2.24, 2.45) is 28.6 Å². The predicted molar refractivity (Wildman–Crippen MR) is 114 cm³/mol. The maximum absolute atomic E-state index is 13.2. The Kier molecular flexibility index (Phi) is 4.54. The number of epoxide rings is 1. The second kappa shape index (κ2) is 6.53. The number of Topliss-reactive ketones (excluding diaryl/α,β-unsaturated/α-hetero) is 1. The number of hydrogen-bond acceptors (Lipinski definition) is 6. The van der Waals surface area contributed by atoms with Gasteiger partial charge in [-0.2, -0.15) is 0 Å². The van der Waals surface area contributed by atoms with E-state index in [-0.39, 0.29) is 28.8 Å². The fourth-order valence-corrected chi connectivity index (χ4v) is 8.45. The Morgan fingerprint density at radius 2 is 2.00 bits per heavy atom. The molecule has 0 aromatic carbocycles.